The molecule has 2 aromatic carbocycles. The number of nitrogens with two attached hydrogens (primary N) is 1. The van der Waals surface area contributed by atoms with Crippen molar-refractivity contribution in [1.29, 1.82) is 0 Å². The van der Waals surface area contributed by atoms with Gasteiger partial charge in [-0.05, 0) is 23.1 Å². The van der Waals surface area contributed by atoms with Gasteiger partial charge in [-0.3, -0.25) is 9.59 Å². The molecule has 0 aliphatic rings. The second-order valence-electron chi connectivity index (χ2n) is 5.46. The van der Waals surface area contributed by atoms with Crippen LogP contribution in [0.15, 0.2) is 60.7 Å². The summed E-state index contributed by atoms with van der Waals surface area (Å²) in [4.78, 5) is 28.6. The fourth-order valence-corrected chi connectivity index (χ4v) is 2.61. The van der Waals surface area contributed by atoms with Crippen molar-refractivity contribution in [2.75, 3.05) is 7.11 Å². The highest BCUT2D eigenvalue weighted by molar-refractivity contribution is 6.00. The lowest BCUT2D eigenvalue weighted by molar-refractivity contribution is -0.120. The number of hydrogen-bond donors (Lipinski definition) is 2. The Morgan fingerprint density at radius 2 is 1.76 bits per heavy atom. The summed E-state index contributed by atoms with van der Waals surface area (Å²) in [5.74, 6) is -0.803. The first-order valence-electron chi connectivity index (χ1n) is 7.69. The molecule has 6 nitrogen and oxygen atoms in total. The van der Waals surface area contributed by atoms with Crippen molar-refractivity contribution in [2.24, 2.45) is 5.73 Å². The average Bonchev–Trinajstić information content (AvgIpc) is 2.65. The van der Waals surface area contributed by atoms with E-state index < -0.39 is 17.9 Å². The molecule has 0 aliphatic carbocycles. The van der Waals surface area contributed by atoms with Crippen LogP contribution in [0, 0.1) is 0 Å². The number of primary amides is 1. The first kappa shape index (κ1) is 16.4. The van der Waals surface area contributed by atoms with Gasteiger partial charge in [-0.2, -0.15) is 0 Å². The molecule has 25 heavy (non-hydrogen) atoms. The number of methoxy groups -OCH3 is 1. The number of pyridine rings is 1. The van der Waals surface area contributed by atoms with Gasteiger partial charge in [0.05, 0.1) is 7.11 Å². The van der Waals surface area contributed by atoms with Crippen molar-refractivity contribution in [3.05, 3.63) is 71.9 Å². The highest BCUT2D eigenvalue weighted by atomic mass is 16.5. The molecule has 126 valence electrons. The van der Waals surface area contributed by atoms with E-state index in [1.165, 1.54) is 7.11 Å². The van der Waals surface area contributed by atoms with Gasteiger partial charge >= 0.3 is 0 Å². The molecule has 3 N–H and O–H groups in total. The van der Waals surface area contributed by atoms with Gasteiger partial charge in [0.25, 0.3) is 5.91 Å². The fraction of sp³-hybridized carbons (Fsp3) is 0.105. The first-order valence-corrected chi connectivity index (χ1v) is 7.69. The van der Waals surface area contributed by atoms with Crippen molar-refractivity contribution in [3.63, 3.8) is 0 Å². The molecule has 3 aromatic rings. The minimum Gasteiger partial charge on any atom is -0.481 e. The second-order valence-corrected chi connectivity index (χ2v) is 5.46. The van der Waals surface area contributed by atoms with Crippen LogP contribution >= 0.6 is 0 Å². The van der Waals surface area contributed by atoms with E-state index in [4.69, 9.17) is 10.5 Å². The Bertz CT molecular complexity index is 926. The summed E-state index contributed by atoms with van der Waals surface area (Å²) in [5, 5.41) is 4.25. The van der Waals surface area contributed by atoms with Gasteiger partial charge in [-0.1, -0.05) is 48.5 Å². The van der Waals surface area contributed by atoms with E-state index in [0.29, 0.717) is 11.4 Å². The zero-order valence-electron chi connectivity index (χ0n) is 13.6. The summed E-state index contributed by atoms with van der Waals surface area (Å²) in [6.07, 6.45) is 0. The third kappa shape index (κ3) is 3.42. The molecule has 1 heterocycles. The quantitative estimate of drug-likeness (QED) is 0.747. The highest BCUT2D eigenvalue weighted by Crippen LogP contribution is 2.24. The first-order chi connectivity index (χ1) is 12.1. The van der Waals surface area contributed by atoms with Gasteiger partial charge in [0.1, 0.15) is 11.7 Å². The van der Waals surface area contributed by atoms with Crippen LogP contribution < -0.4 is 15.8 Å². The minimum atomic E-state index is -0.937. The summed E-state index contributed by atoms with van der Waals surface area (Å²) in [7, 11) is 1.49. The Hall–Kier alpha value is -3.41. The lowest BCUT2D eigenvalue weighted by atomic mass is 10.1. The van der Waals surface area contributed by atoms with E-state index in [1.807, 2.05) is 30.3 Å². The van der Waals surface area contributed by atoms with Crippen LogP contribution in [0.25, 0.3) is 10.8 Å². The Labute approximate surface area is 144 Å². The van der Waals surface area contributed by atoms with E-state index >= 15 is 0 Å². The SMILES string of the molecule is COc1nc(C(=O)N[C@H](C(N)=O)c2ccccc2)cc2ccccc12. The molecule has 0 bridgehead atoms. The standard InChI is InChI=1S/C19H17N3O3/c1-25-19-14-10-6-5-9-13(14)11-15(21-19)18(24)22-16(17(20)23)12-7-3-2-4-8-12/h2-11,16H,1H3,(H2,20,23)(H,22,24)/t16-/m0/s1. The normalized spacial score (nSPS) is 11.7. The topological polar surface area (TPSA) is 94.3 Å². The average molecular weight is 335 g/mol. The zero-order chi connectivity index (χ0) is 17.8. The molecule has 2 amide bonds. The summed E-state index contributed by atoms with van der Waals surface area (Å²) in [5.41, 5.74) is 6.20. The van der Waals surface area contributed by atoms with Crippen molar-refractivity contribution in [1.82, 2.24) is 10.3 Å². The lowest BCUT2D eigenvalue weighted by Crippen LogP contribution is -2.37. The monoisotopic (exact) mass is 335 g/mol. The number of ether oxygens (including phenoxy) is 1. The van der Waals surface area contributed by atoms with Gasteiger partial charge in [-0.25, -0.2) is 4.98 Å². The second kappa shape index (κ2) is 7.00. The highest BCUT2D eigenvalue weighted by Gasteiger charge is 2.22. The Balaban J connectivity index is 1.95. The smallest absolute Gasteiger partial charge is 0.270 e. The molecule has 0 spiro atoms. The van der Waals surface area contributed by atoms with Crippen LogP contribution in [-0.4, -0.2) is 23.9 Å². The van der Waals surface area contributed by atoms with Gasteiger partial charge in [0.2, 0.25) is 11.8 Å². The van der Waals surface area contributed by atoms with Crippen molar-refractivity contribution in [2.45, 2.75) is 6.04 Å². The maximum Gasteiger partial charge on any atom is 0.270 e. The van der Waals surface area contributed by atoms with E-state index in [2.05, 4.69) is 10.3 Å². The van der Waals surface area contributed by atoms with Crippen LogP contribution in [0.5, 0.6) is 5.88 Å². The predicted octanol–water partition coefficient (Wildman–Crippen LogP) is 2.20. The molecule has 0 radical (unpaired) electrons. The van der Waals surface area contributed by atoms with Crippen LogP contribution in [0.4, 0.5) is 0 Å². The van der Waals surface area contributed by atoms with Crippen molar-refractivity contribution in [3.8, 4) is 5.88 Å². The Morgan fingerprint density at radius 1 is 1.08 bits per heavy atom. The summed E-state index contributed by atoms with van der Waals surface area (Å²) in [6.45, 7) is 0. The third-order valence-electron chi connectivity index (χ3n) is 3.82. The number of carbonyl (C=O) groups excluding carboxylic acids is 2. The molecule has 0 unspecified atom stereocenters. The maximum absolute atomic E-state index is 12.6. The third-order valence-corrected chi connectivity index (χ3v) is 3.82. The molecule has 0 aliphatic heterocycles. The van der Waals surface area contributed by atoms with Crippen LogP contribution in [0.2, 0.25) is 0 Å². The molecule has 1 aromatic heterocycles. The fourth-order valence-electron chi connectivity index (χ4n) is 2.61. The number of nitrogens with zero attached hydrogens (tertiary/aromatic N) is 1. The summed E-state index contributed by atoms with van der Waals surface area (Å²) >= 11 is 0. The van der Waals surface area contributed by atoms with Crippen LogP contribution in [0.3, 0.4) is 0 Å². The number of benzene rings is 2. The van der Waals surface area contributed by atoms with Crippen molar-refractivity contribution < 1.29 is 14.3 Å². The van der Waals surface area contributed by atoms with Crippen LogP contribution in [-0.2, 0) is 4.79 Å². The molecular weight excluding hydrogens is 318 g/mol. The van der Waals surface area contributed by atoms with Crippen molar-refractivity contribution >= 4 is 22.6 Å². The van der Waals surface area contributed by atoms with Gasteiger partial charge in [0, 0.05) is 5.39 Å². The van der Waals surface area contributed by atoms with Crippen LogP contribution in [0.1, 0.15) is 22.1 Å². The zero-order valence-corrected chi connectivity index (χ0v) is 13.6. The van der Waals surface area contributed by atoms with E-state index in [0.717, 1.165) is 10.8 Å². The Morgan fingerprint density at radius 3 is 2.44 bits per heavy atom. The minimum absolute atomic E-state index is 0.151. The maximum atomic E-state index is 12.6. The van der Waals surface area contributed by atoms with E-state index in [9.17, 15) is 9.59 Å². The largest absolute Gasteiger partial charge is 0.481 e. The summed E-state index contributed by atoms with van der Waals surface area (Å²) < 4.78 is 5.27. The number of hydrogen-bond acceptors (Lipinski definition) is 4. The molecule has 6 heteroatoms. The predicted molar refractivity (Wildman–Crippen MR) is 94.1 cm³/mol. The number of fused-ring (bicyclic) bond motifs is 1. The molecular formula is C19H17N3O3. The lowest BCUT2D eigenvalue weighted by Gasteiger charge is -2.16. The molecule has 3 rings (SSSR count). The van der Waals surface area contributed by atoms with Gasteiger partial charge in [0.15, 0.2) is 0 Å². The number of carbonyl (C=O) groups is 2. The van der Waals surface area contributed by atoms with E-state index in [-0.39, 0.29) is 5.69 Å². The van der Waals surface area contributed by atoms with Gasteiger partial charge < -0.3 is 15.8 Å². The molecule has 1 atom stereocenters. The van der Waals surface area contributed by atoms with E-state index in [1.54, 1.807) is 30.3 Å². The number of rotatable bonds is 5. The van der Waals surface area contributed by atoms with Gasteiger partial charge in [-0.15, -0.1) is 0 Å². The molecule has 0 saturated heterocycles. The number of nitrogens with one attached hydrogen (secondary N) is 1. The molecule has 0 fully saturated rings. The number of amides is 2. The molecule has 0 saturated carbocycles. The number of aromatic nitrogens is 1. The Kier molecular flexibility index (Phi) is 4.61. The summed E-state index contributed by atoms with van der Waals surface area (Å²) in [6, 6.07) is 17.0.